The van der Waals surface area contributed by atoms with Crippen LogP contribution in [0.5, 0.6) is 0 Å². The van der Waals surface area contributed by atoms with Crippen LogP contribution in [0, 0.1) is 5.92 Å². The van der Waals surface area contributed by atoms with Crippen molar-refractivity contribution in [2.75, 3.05) is 13.1 Å². The van der Waals surface area contributed by atoms with Crippen LogP contribution in [0.3, 0.4) is 0 Å². The second-order valence-electron chi connectivity index (χ2n) is 4.37. The average Bonchev–Trinajstić information content (AvgIpc) is 2.85. The zero-order valence-corrected chi connectivity index (χ0v) is 10.1. The third-order valence-electron chi connectivity index (χ3n) is 2.96. The number of esters is 1. The van der Waals surface area contributed by atoms with Crippen molar-refractivity contribution < 1.29 is 32.3 Å². The molecule has 2 aliphatic rings. The predicted octanol–water partition coefficient (Wildman–Crippen LogP) is 0.663. The molecule has 20 heavy (non-hydrogen) atoms. The summed E-state index contributed by atoms with van der Waals surface area (Å²) in [5, 5.41) is 2.85. The van der Waals surface area contributed by atoms with Crippen LogP contribution in [-0.4, -0.2) is 36.8 Å². The van der Waals surface area contributed by atoms with E-state index >= 15 is 0 Å². The largest absolute Gasteiger partial charge is 0.423 e. The summed E-state index contributed by atoms with van der Waals surface area (Å²) < 4.78 is 42.9. The Hall–Kier alpha value is -1.96. The first kappa shape index (κ1) is 14.4. The number of ether oxygens (including phenoxy) is 1. The minimum absolute atomic E-state index is 0.269. The Labute approximate surface area is 111 Å². The number of nitrogens with one attached hydrogen (secondary N) is 1. The molecule has 2 rings (SSSR count). The van der Waals surface area contributed by atoms with Gasteiger partial charge in [0.05, 0.1) is 5.92 Å². The molecule has 1 atom stereocenters. The van der Waals surface area contributed by atoms with Crippen molar-refractivity contribution in [3.05, 3.63) is 23.5 Å². The third-order valence-corrected chi connectivity index (χ3v) is 2.96. The molecule has 0 aromatic carbocycles. The van der Waals surface area contributed by atoms with Gasteiger partial charge < -0.3 is 10.1 Å². The Morgan fingerprint density at radius 1 is 1.25 bits per heavy atom. The highest BCUT2D eigenvalue weighted by Gasteiger charge is 2.45. The maximum absolute atomic E-state index is 12.8. The van der Waals surface area contributed by atoms with Gasteiger partial charge in [0.25, 0.3) is 0 Å². The van der Waals surface area contributed by atoms with Crippen LogP contribution in [0.25, 0.3) is 0 Å². The molecule has 108 valence electrons. The number of rotatable bonds is 2. The number of allylic oxidation sites excluding steroid dienone is 3. The number of carbonyl (C=O) groups is 3. The molecule has 5 nitrogen and oxygen atoms in total. The molecule has 0 radical (unpaired) electrons. The average molecular weight is 289 g/mol. The molecule has 1 unspecified atom stereocenters. The van der Waals surface area contributed by atoms with E-state index in [0.29, 0.717) is 25.1 Å². The van der Waals surface area contributed by atoms with Crippen molar-refractivity contribution in [3.63, 3.8) is 0 Å². The van der Waals surface area contributed by atoms with Crippen LogP contribution >= 0.6 is 0 Å². The van der Waals surface area contributed by atoms with E-state index in [1.165, 1.54) is 0 Å². The van der Waals surface area contributed by atoms with Gasteiger partial charge in [0.15, 0.2) is 11.5 Å². The molecular weight excluding hydrogens is 279 g/mol. The van der Waals surface area contributed by atoms with E-state index < -0.39 is 41.0 Å². The topological polar surface area (TPSA) is 72.5 Å². The molecular formula is C12H10F3NO4. The lowest BCUT2D eigenvalue weighted by molar-refractivity contribution is -0.147. The number of halogens is 3. The van der Waals surface area contributed by atoms with E-state index in [9.17, 15) is 27.6 Å². The molecule has 0 aromatic rings. The maximum Gasteiger partial charge on any atom is 0.423 e. The lowest BCUT2D eigenvalue weighted by Crippen LogP contribution is -2.30. The minimum atomic E-state index is -5.05. The summed E-state index contributed by atoms with van der Waals surface area (Å²) in [5.74, 6) is -5.34. The Morgan fingerprint density at radius 2 is 1.90 bits per heavy atom. The molecule has 1 fully saturated rings. The Bertz CT molecular complexity index is 527. The first-order valence-electron chi connectivity index (χ1n) is 5.81. The summed E-state index contributed by atoms with van der Waals surface area (Å²) in [5.41, 5.74) is -1.73. The fourth-order valence-electron chi connectivity index (χ4n) is 1.96. The fraction of sp³-hybridized carbons (Fsp3) is 0.417. The van der Waals surface area contributed by atoms with Gasteiger partial charge in [0.2, 0.25) is 5.78 Å². The van der Waals surface area contributed by atoms with Crippen molar-refractivity contribution in [2.45, 2.75) is 12.6 Å². The molecule has 1 N–H and O–H groups in total. The van der Waals surface area contributed by atoms with E-state index in [1.54, 1.807) is 0 Å². The lowest BCUT2D eigenvalue weighted by atomic mass is 10.0. The molecule has 0 bridgehead atoms. The van der Waals surface area contributed by atoms with Crippen LogP contribution < -0.4 is 5.32 Å². The number of hydrogen-bond acceptors (Lipinski definition) is 5. The Morgan fingerprint density at radius 3 is 2.45 bits per heavy atom. The van der Waals surface area contributed by atoms with Crippen LogP contribution in [0.15, 0.2) is 23.5 Å². The van der Waals surface area contributed by atoms with Crippen LogP contribution in [0.4, 0.5) is 13.2 Å². The SMILES string of the molecule is O=C1C=CC(=O)C(C(F)(F)F)=C1OC(=O)C1CCNC1. The zero-order chi connectivity index (χ0) is 14.9. The summed E-state index contributed by atoms with van der Waals surface area (Å²) >= 11 is 0. The van der Waals surface area contributed by atoms with Gasteiger partial charge in [-0.2, -0.15) is 13.2 Å². The van der Waals surface area contributed by atoms with Gasteiger partial charge in [-0.25, -0.2) is 0 Å². The standard InChI is InChI=1S/C12H10F3NO4/c13-12(14,15)9-7(17)1-2-8(18)10(9)20-11(19)6-3-4-16-5-6/h1-2,6,16H,3-5H2. The molecule has 0 spiro atoms. The number of hydrogen-bond donors (Lipinski definition) is 1. The number of carbonyl (C=O) groups excluding carboxylic acids is 3. The Kier molecular flexibility index (Phi) is 3.76. The summed E-state index contributed by atoms with van der Waals surface area (Å²) in [7, 11) is 0. The van der Waals surface area contributed by atoms with E-state index in [2.05, 4.69) is 10.1 Å². The second-order valence-corrected chi connectivity index (χ2v) is 4.37. The van der Waals surface area contributed by atoms with Crippen molar-refractivity contribution in [3.8, 4) is 0 Å². The number of ketones is 2. The minimum Gasteiger partial charge on any atom is -0.421 e. The van der Waals surface area contributed by atoms with Gasteiger partial charge in [-0.05, 0) is 25.1 Å². The van der Waals surface area contributed by atoms with E-state index in [1.807, 2.05) is 0 Å². The van der Waals surface area contributed by atoms with Gasteiger partial charge in [-0.15, -0.1) is 0 Å². The van der Waals surface area contributed by atoms with E-state index in [0.717, 1.165) is 0 Å². The van der Waals surface area contributed by atoms with Crippen LogP contribution in [0.2, 0.25) is 0 Å². The molecule has 1 aliphatic heterocycles. The molecule has 1 saturated heterocycles. The second kappa shape index (κ2) is 5.20. The van der Waals surface area contributed by atoms with Crippen molar-refractivity contribution >= 4 is 17.5 Å². The first-order valence-corrected chi connectivity index (χ1v) is 5.81. The zero-order valence-electron chi connectivity index (χ0n) is 10.1. The van der Waals surface area contributed by atoms with Gasteiger partial charge in [0, 0.05) is 6.54 Å². The lowest BCUT2D eigenvalue weighted by Gasteiger charge is -2.17. The Balaban J connectivity index is 2.30. The number of alkyl halides is 3. The first-order chi connectivity index (χ1) is 9.30. The predicted molar refractivity (Wildman–Crippen MR) is 59.3 cm³/mol. The van der Waals surface area contributed by atoms with Crippen molar-refractivity contribution in [1.29, 1.82) is 0 Å². The van der Waals surface area contributed by atoms with Crippen molar-refractivity contribution in [1.82, 2.24) is 5.32 Å². The van der Waals surface area contributed by atoms with Gasteiger partial charge in [0.1, 0.15) is 5.57 Å². The highest BCUT2D eigenvalue weighted by atomic mass is 19.4. The molecule has 0 amide bonds. The monoisotopic (exact) mass is 289 g/mol. The van der Waals surface area contributed by atoms with E-state index in [-0.39, 0.29) is 6.54 Å². The van der Waals surface area contributed by atoms with E-state index in [4.69, 9.17) is 0 Å². The van der Waals surface area contributed by atoms with Gasteiger partial charge in [-0.3, -0.25) is 14.4 Å². The molecule has 1 heterocycles. The smallest absolute Gasteiger partial charge is 0.421 e. The van der Waals surface area contributed by atoms with Crippen molar-refractivity contribution in [2.24, 2.45) is 5.92 Å². The summed E-state index contributed by atoms with van der Waals surface area (Å²) in [6.07, 6.45) is -3.47. The highest BCUT2D eigenvalue weighted by molar-refractivity contribution is 6.20. The quantitative estimate of drug-likeness (QED) is 0.597. The maximum atomic E-state index is 12.8. The highest BCUT2D eigenvalue weighted by Crippen LogP contribution is 2.32. The molecule has 0 saturated carbocycles. The molecule has 1 aliphatic carbocycles. The van der Waals surface area contributed by atoms with Gasteiger partial charge >= 0.3 is 12.1 Å². The molecule has 8 heteroatoms. The fourth-order valence-corrected chi connectivity index (χ4v) is 1.96. The summed E-state index contributed by atoms with van der Waals surface area (Å²) in [6.45, 7) is 0.809. The molecule has 0 aromatic heterocycles. The van der Waals surface area contributed by atoms with Crippen LogP contribution in [0.1, 0.15) is 6.42 Å². The summed E-state index contributed by atoms with van der Waals surface area (Å²) in [6, 6.07) is 0. The summed E-state index contributed by atoms with van der Waals surface area (Å²) in [4.78, 5) is 34.4. The van der Waals surface area contributed by atoms with Crippen LogP contribution in [-0.2, 0) is 19.1 Å². The normalized spacial score (nSPS) is 23.4. The van der Waals surface area contributed by atoms with Gasteiger partial charge in [-0.1, -0.05) is 0 Å². The third kappa shape index (κ3) is 2.79.